The van der Waals surface area contributed by atoms with Gasteiger partial charge in [-0.25, -0.2) is 22.5 Å². The van der Waals surface area contributed by atoms with Gasteiger partial charge in [0.1, 0.15) is 18.3 Å². The second-order valence-corrected chi connectivity index (χ2v) is 9.65. The molecule has 1 aliphatic heterocycles. The van der Waals surface area contributed by atoms with E-state index in [0.717, 1.165) is 17.3 Å². The lowest BCUT2D eigenvalue weighted by atomic mass is 9.98. The summed E-state index contributed by atoms with van der Waals surface area (Å²) < 4.78 is 55.9. The smallest absolute Gasteiger partial charge is 0.237 e. The van der Waals surface area contributed by atoms with Crippen molar-refractivity contribution >= 4 is 5.91 Å². The summed E-state index contributed by atoms with van der Waals surface area (Å²) in [6, 6.07) is 8.55. The number of nitrogens with two attached hydrogens (primary N) is 1. The number of aryl methyl sites for hydroxylation is 1. The van der Waals surface area contributed by atoms with Gasteiger partial charge in [-0.1, -0.05) is 31.5 Å². The molecule has 3 aromatic rings. The molecule has 2 heterocycles. The summed E-state index contributed by atoms with van der Waals surface area (Å²) in [7, 11) is 0. The Morgan fingerprint density at radius 1 is 1.11 bits per heavy atom. The number of carbonyl (C=O) groups is 1. The van der Waals surface area contributed by atoms with E-state index in [4.69, 9.17) is 5.73 Å². The third kappa shape index (κ3) is 5.31. The van der Waals surface area contributed by atoms with Gasteiger partial charge in [0.15, 0.2) is 11.6 Å². The normalized spacial score (nSPS) is 14.4. The zero-order chi connectivity index (χ0) is 26.8. The van der Waals surface area contributed by atoms with Gasteiger partial charge in [0.25, 0.3) is 0 Å². The molecule has 0 saturated heterocycles. The van der Waals surface area contributed by atoms with Crippen LogP contribution >= 0.6 is 0 Å². The first-order valence-corrected chi connectivity index (χ1v) is 11.8. The molecule has 0 bridgehead atoms. The summed E-state index contributed by atoms with van der Waals surface area (Å²) in [5, 5.41) is 0. The average molecular weight is 505 g/mol. The molecule has 0 saturated carbocycles. The van der Waals surface area contributed by atoms with Crippen molar-refractivity contribution in [3.63, 3.8) is 0 Å². The Kier molecular flexibility index (Phi) is 8.23. The third-order valence-electron chi connectivity index (χ3n) is 6.31. The van der Waals surface area contributed by atoms with Crippen molar-refractivity contribution in [2.45, 2.75) is 59.3 Å². The van der Waals surface area contributed by atoms with Crippen molar-refractivity contribution in [3.05, 3.63) is 76.5 Å². The number of alkyl halides is 1. The summed E-state index contributed by atoms with van der Waals surface area (Å²) in [6.45, 7) is 9.38. The Morgan fingerprint density at radius 2 is 1.75 bits per heavy atom. The third-order valence-corrected chi connectivity index (χ3v) is 6.31. The molecule has 2 aromatic carbocycles. The van der Waals surface area contributed by atoms with Gasteiger partial charge in [-0.15, -0.1) is 0 Å². The molecule has 4 rings (SSSR count). The lowest BCUT2D eigenvalue weighted by molar-refractivity contribution is -0.137. The van der Waals surface area contributed by atoms with Crippen LogP contribution in [0.25, 0.3) is 11.3 Å². The summed E-state index contributed by atoms with van der Waals surface area (Å²) in [5.74, 6) is -2.00. The van der Waals surface area contributed by atoms with E-state index in [-0.39, 0.29) is 41.0 Å². The first-order valence-electron chi connectivity index (χ1n) is 11.8. The maximum Gasteiger partial charge on any atom is 0.237 e. The van der Waals surface area contributed by atoms with E-state index >= 15 is 0 Å². The first kappa shape index (κ1) is 27.4. The quantitative estimate of drug-likeness (QED) is 0.471. The van der Waals surface area contributed by atoms with Crippen LogP contribution in [0.3, 0.4) is 0 Å². The van der Waals surface area contributed by atoms with E-state index in [1.807, 2.05) is 39.2 Å². The Balaban J connectivity index is 0.000000383. The molecule has 0 aliphatic carbocycles. The van der Waals surface area contributed by atoms with Gasteiger partial charge in [0.2, 0.25) is 5.91 Å². The van der Waals surface area contributed by atoms with Crippen LogP contribution in [0.4, 0.5) is 17.6 Å². The van der Waals surface area contributed by atoms with E-state index in [1.54, 1.807) is 17.0 Å². The molecular formula is C27H32F4N4O. The van der Waals surface area contributed by atoms with E-state index < -0.39 is 23.8 Å². The molecule has 1 aliphatic rings. The van der Waals surface area contributed by atoms with Crippen molar-refractivity contribution in [2.24, 2.45) is 5.73 Å². The van der Waals surface area contributed by atoms with Gasteiger partial charge < -0.3 is 15.2 Å². The number of halogens is 4. The number of imidazole rings is 1. The Labute approximate surface area is 208 Å². The zero-order valence-electron chi connectivity index (χ0n) is 21.2. The molecule has 2 N–H and O–H groups in total. The highest BCUT2D eigenvalue weighted by Gasteiger charge is 2.41. The number of amides is 1. The molecule has 1 amide bonds. The number of hydrogen-bond donors (Lipinski definition) is 1. The number of rotatable bonds is 4. The lowest BCUT2D eigenvalue weighted by Crippen LogP contribution is -2.53. The van der Waals surface area contributed by atoms with Gasteiger partial charge >= 0.3 is 0 Å². The number of hydrogen-bond acceptors (Lipinski definition) is 3. The standard InChI is InChI=1S/C20H25F3N4O.C7H7F/c1-11(2)18-17(13-7-12(9-21)8-14(22)16(13)23)25-19-20(3,4)27(15(28)10-24)6-5-26(18)19;1-6-2-4-7(8)5-3-6/h7-8,11H,5-6,9-10,24H2,1-4H3;2-5H,1H3. The van der Waals surface area contributed by atoms with E-state index in [9.17, 15) is 22.4 Å². The fourth-order valence-corrected chi connectivity index (χ4v) is 4.52. The molecule has 36 heavy (non-hydrogen) atoms. The molecule has 9 heteroatoms. The summed E-state index contributed by atoms with van der Waals surface area (Å²) in [5.41, 5.74) is 6.86. The fraction of sp³-hybridized carbons (Fsp3) is 0.407. The van der Waals surface area contributed by atoms with Crippen molar-refractivity contribution in [3.8, 4) is 11.3 Å². The molecule has 0 spiro atoms. The maximum atomic E-state index is 14.6. The molecule has 0 radical (unpaired) electrons. The van der Waals surface area contributed by atoms with Crippen LogP contribution in [-0.2, 0) is 23.6 Å². The minimum Gasteiger partial charge on any atom is -0.327 e. The van der Waals surface area contributed by atoms with Crippen LogP contribution in [-0.4, -0.2) is 33.4 Å². The highest BCUT2D eigenvalue weighted by atomic mass is 19.2. The molecule has 0 atom stereocenters. The van der Waals surface area contributed by atoms with Crippen LogP contribution in [0.2, 0.25) is 0 Å². The van der Waals surface area contributed by atoms with Gasteiger partial charge in [-0.3, -0.25) is 4.79 Å². The van der Waals surface area contributed by atoms with Crippen LogP contribution in [0.1, 0.15) is 56.3 Å². The maximum absolute atomic E-state index is 14.6. The Hall–Kier alpha value is -3.20. The average Bonchev–Trinajstić information content (AvgIpc) is 3.23. The van der Waals surface area contributed by atoms with Gasteiger partial charge in [0, 0.05) is 24.3 Å². The molecule has 194 valence electrons. The fourth-order valence-electron chi connectivity index (χ4n) is 4.52. The summed E-state index contributed by atoms with van der Waals surface area (Å²) >= 11 is 0. The van der Waals surface area contributed by atoms with Crippen molar-refractivity contribution in [1.82, 2.24) is 14.5 Å². The molecular weight excluding hydrogens is 472 g/mol. The highest BCUT2D eigenvalue weighted by molar-refractivity contribution is 5.79. The minimum atomic E-state index is -1.11. The number of benzene rings is 2. The van der Waals surface area contributed by atoms with Crippen LogP contribution in [0.15, 0.2) is 36.4 Å². The molecule has 1 aromatic heterocycles. The topological polar surface area (TPSA) is 64.2 Å². The zero-order valence-corrected chi connectivity index (χ0v) is 21.2. The van der Waals surface area contributed by atoms with Crippen LogP contribution < -0.4 is 5.73 Å². The SMILES string of the molecule is CC(C)c1c(-c2cc(CF)cc(F)c2F)nc2n1CCN(C(=O)CN)C2(C)C.Cc1ccc(F)cc1. The molecule has 0 fully saturated rings. The van der Waals surface area contributed by atoms with E-state index in [0.29, 0.717) is 18.9 Å². The molecule has 5 nitrogen and oxygen atoms in total. The monoisotopic (exact) mass is 504 g/mol. The lowest BCUT2D eigenvalue weighted by Gasteiger charge is -2.42. The van der Waals surface area contributed by atoms with E-state index in [2.05, 4.69) is 4.98 Å². The largest absolute Gasteiger partial charge is 0.327 e. The second-order valence-electron chi connectivity index (χ2n) is 9.65. The van der Waals surface area contributed by atoms with Crippen LogP contribution in [0.5, 0.6) is 0 Å². The van der Waals surface area contributed by atoms with Crippen LogP contribution in [0, 0.1) is 24.4 Å². The summed E-state index contributed by atoms with van der Waals surface area (Å²) in [4.78, 5) is 18.6. The van der Waals surface area contributed by atoms with Gasteiger partial charge in [0.05, 0.1) is 17.8 Å². The number of fused-ring (bicyclic) bond motifs is 1. The predicted octanol–water partition coefficient (Wildman–Crippen LogP) is 5.59. The number of aromatic nitrogens is 2. The first-order chi connectivity index (χ1) is 16.9. The Bertz CT molecular complexity index is 1210. The van der Waals surface area contributed by atoms with Crippen molar-refractivity contribution in [1.29, 1.82) is 0 Å². The van der Waals surface area contributed by atoms with Crippen molar-refractivity contribution in [2.75, 3.05) is 13.1 Å². The van der Waals surface area contributed by atoms with E-state index in [1.165, 1.54) is 18.2 Å². The number of carbonyl (C=O) groups excluding carboxylic acids is 1. The number of nitrogens with zero attached hydrogens (tertiary/aromatic N) is 3. The molecule has 0 unspecified atom stereocenters. The summed E-state index contributed by atoms with van der Waals surface area (Å²) in [6.07, 6.45) is 0. The second kappa shape index (κ2) is 10.8. The highest BCUT2D eigenvalue weighted by Crippen LogP contribution is 2.39. The minimum absolute atomic E-state index is 0.0414. The van der Waals surface area contributed by atoms with Gasteiger partial charge in [-0.05, 0) is 56.5 Å². The Morgan fingerprint density at radius 3 is 2.28 bits per heavy atom. The van der Waals surface area contributed by atoms with Crippen molar-refractivity contribution < 1.29 is 22.4 Å². The van der Waals surface area contributed by atoms with Gasteiger partial charge in [-0.2, -0.15) is 0 Å². The predicted molar refractivity (Wildman–Crippen MR) is 131 cm³/mol.